The molecule has 4 saturated heterocycles. The highest BCUT2D eigenvalue weighted by Crippen LogP contribution is 2.44. The monoisotopic (exact) mass is 837 g/mol. The average Bonchev–Trinajstić information content (AvgIpc) is 3.76. The third kappa shape index (κ3) is 7.76. The lowest BCUT2D eigenvalue weighted by atomic mass is 9.78. The summed E-state index contributed by atoms with van der Waals surface area (Å²) in [6.45, 7) is 5.85. The van der Waals surface area contributed by atoms with Crippen molar-refractivity contribution >= 4 is 52.6 Å². The molecule has 60 heavy (non-hydrogen) atoms. The molecule has 1 saturated carbocycles. The van der Waals surface area contributed by atoms with E-state index < -0.39 is 35.5 Å². The third-order valence-corrected chi connectivity index (χ3v) is 13.4. The van der Waals surface area contributed by atoms with Crippen LogP contribution in [0.2, 0.25) is 5.02 Å². The maximum absolute atomic E-state index is 15.5. The van der Waals surface area contributed by atoms with Gasteiger partial charge in [0.05, 0.1) is 45.9 Å². The first kappa shape index (κ1) is 39.8. The summed E-state index contributed by atoms with van der Waals surface area (Å²) >= 11 is 6.15. The van der Waals surface area contributed by atoms with Gasteiger partial charge in [-0.2, -0.15) is 5.26 Å². The van der Waals surface area contributed by atoms with Gasteiger partial charge in [-0.1, -0.05) is 11.6 Å². The Labute approximate surface area is 351 Å². The molecule has 1 spiro atoms. The maximum atomic E-state index is 15.5. The zero-order valence-electron chi connectivity index (χ0n) is 33.0. The van der Waals surface area contributed by atoms with Crippen molar-refractivity contribution in [2.45, 2.75) is 76.0 Å². The molecule has 6 heterocycles. The van der Waals surface area contributed by atoms with E-state index in [0.717, 1.165) is 94.5 Å². The number of carbonyl (C=O) groups is 5. The van der Waals surface area contributed by atoms with E-state index in [1.54, 1.807) is 30.6 Å². The number of piperidine rings is 2. The summed E-state index contributed by atoms with van der Waals surface area (Å²) in [5, 5.41) is 14.7. The molecule has 6 aliphatic rings. The van der Waals surface area contributed by atoms with E-state index in [-0.39, 0.29) is 58.8 Å². The number of rotatable bonds is 9. The lowest BCUT2D eigenvalue weighted by molar-refractivity contribution is -0.136. The second kappa shape index (κ2) is 16.1. The van der Waals surface area contributed by atoms with Crippen LogP contribution in [0.5, 0.6) is 5.75 Å². The topological polar surface area (TPSA) is 181 Å². The second-order valence-corrected chi connectivity index (χ2v) is 17.6. The van der Waals surface area contributed by atoms with Gasteiger partial charge in [-0.25, -0.2) is 14.4 Å². The largest absolute Gasteiger partial charge is 0.490 e. The van der Waals surface area contributed by atoms with Crippen LogP contribution in [-0.2, 0) is 9.59 Å². The first-order valence-electron chi connectivity index (χ1n) is 20.7. The summed E-state index contributed by atoms with van der Waals surface area (Å²) in [5.41, 5.74) is 1.04. The number of carbonyl (C=O) groups excluding carboxylic acids is 5. The van der Waals surface area contributed by atoms with Gasteiger partial charge in [-0.05, 0) is 88.1 Å². The van der Waals surface area contributed by atoms with Crippen LogP contribution >= 0.6 is 11.6 Å². The Bertz CT molecular complexity index is 2280. The minimum atomic E-state index is -1.10. The van der Waals surface area contributed by atoms with Crippen LogP contribution in [0.1, 0.15) is 94.6 Å². The van der Waals surface area contributed by atoms with Crippen molar-refractivity contribution in [3.63, 3.8) is 0 Å². The summed E-state index contributed by atoms with van der Waals surface area (Å²) in [7, 11) is 0. The molecule has 5 aliphatic heterocycles. The lowest BCUT2D eigenvalue weighted by Crippen LogP contribution is -2.58. The van der Waals surface area contributed by atoms with Crippen molar-refractivity contribution in [1.29, 1.82) is 5.26 Å². The predicted molar refractivity (Wildman–Crippen MR) is 216 cm³/mol. The second-order valence-electron chi connectivity index (χ2n) is 17.1. The van der Waals surface area contributed by atoms with Gasteiger partial charge in [-0.3, -0.25) is 34.2 Å². The van der Waals surface area contributed by atoms with Crippen LogP contribution < -0.4 is 25.2 Å². The number of amides is 5. The van der Waals surface area contributed by atoms with E-state index in [0.29, 0.717) is 35.3 Å². The van der Waals surface area contributed by atoms with E-state index in [9.17, 15) is 24.0 Å². The Morgan fingerprint density at radius 1 is 0.933 bits per heavy atom. The van der Waals surface area contributed by atoms with Crippen LogP contribution in [-0.4, -0.2) is 113 Å². The molecule has 5 fully saturated rings. The average molecular weight is 838 g/mol. The van der Waals surface area contributed by atoms with Crippen LogP contribution in [0.3, 0.4) is 0 Å². The Morgan fingerprint density at radius 3 is 2.37 bits per heavy atom. The number of anilines is 2. The van der Waals surface area contributed by atoms with Crippen molar-refractivity contribution < 1.29 is 33.1 Å². The zero-order valence-corrected chi connectivity index (χ0v) is 33.8. The highest BCUT2D eigenvalue weighted by molar-refractivity contribution is 6.31. The van der Waals surface area contributed by atoms with Gasteiger partial charge in [0, 0.05) is 63.2 Å². The minimum Gasteiger partial charge on any atom is -0.490 e. The smallest absolute Gasteiger partial charge is 0.271 e. The Balaban J connectivity index is 0.706. The number of nitriles is 1. The molecule has 1 aliphatic carbocycles. The SMILES string of the molecule is N#Cc1ccc(OC2CCC(NC(=O)c3cnc(N4CCC(CN5CCC6(C5)CN(c5cc7c(cc5F)C(=O)N(C5CCC(=O)NC5=O)C7=O)C6)CC4)cn3)CC2)cc1Cl. The fraction of sp³-hybridized carbons (Fsp3) is 0.488. The van der Waals surface area contributed by atoms with E-state index in [1.165, 1.54) is 6.07 Å². The number of hydrogen-bond acceptors (Lipinski definition) is 12. The summed E-state index contributed by atoms with van der Waals surface area (Å²) in [4.78, 5) is 80.1. The normalized spacial score (nSPS) is 24.3. The number of benzene rings is 2. The van der Waals surface area contributed by atoms with Gasteiger partial charge < -0.3 is 24.8 Å². The van der Waals surface area contributed by atoms with E-state index in [4.69, 9.17) is 21.6 Å². The molecule has 2 aromatic carbocycles. The lowest BCUT2D eigenvalue weighted by Gasteiger charge is -2.49. The molecule has 2 N–H and O–H groups in total. The minimum absolute atomic E-state index is 0.00984. The fourth-order valence-corrected chi connectivity index (χ4v) is 10.1. The van der Waals surface area contributed by atoms with E-state index in [1.807, 2.05) is 11.0 Å². The standard InChI is InChI=1S/C43H45ClFN9O6/c44-32-15-29(4-1-26(32)18-46)60-28-5-2-27(3-6-28)49-39(56)34-19-48-37(20-47-34)52-12-9-25(10-13-52)21-51-14-11-43(22-51)23-53(24-43)36-17-31-30(16-33(36)45)41(58)54(42(31)59)35-7-8-38(55)50-40(35)57/h1,4,15-17,19-20,25,27-28,35H,2-3,5-14,21-24H2,(H,49,56)(H,50,55,57). The van der Waals surface area contributed by atoms with Crippen LogP contribution in [0.25, 0.3) is 0 Å². The van der Waals surface area contributed by atoms with Gasteiger partial charge in [0.25, 0.3) is 17.7 Å². The highest BCUT2D eigenvalue weighted by Gasteiger charge is 2.50. The molecular weight excluding hydrogens is 793 g/mol. The molecule has 312 valence electrons. The Morgan fingerprint density at radius 2 is 1.68 bits per heavy atom. The molecule has 17 heteroatoms. The van der Waals surface area contributed by atoms with E-state index >= 15 is 4.39 Å². The number of fused-ring (bicyclic) bond motifs is 1. The quantitative estimate of drug-likeness (QED) is 0.295. The van der Waals surface area contributed by atoms with Gasteiger partial charge in [-0.15, -0.1) is 0 Å². The first-order valence-corrected chi connectivity index (χ1v) is 21.1. The molecule has 0 radical (unpaired) electrons. The molecule has 0 bridgehead atoms. The summed E-state index contributed by atoms with van der Waals surface area (Å²) in [5.74, 6) is -1.40. The van der Waals surface area contributed by atoms with E-state index in [2.05, 4.69) is 30.4 Å². The molecule has 5 amide bonds. The summed E-state index contributed by atoms with van der Waals surface area (Å²) in [6, 6.07) is 8.59. The number of nitrogens with zero attached hydrogens (tertiary/aromatic N) is 7. The number of nitrogens with one attached hydrogen (secondary N) is 2. The zero-order chi connectivity index (χ0) is 41.7. The van der Waals surface area contributed by atoms with Crippen molar-refractivity contribution in [3.05, 3.63) is 75.9 Å². The molecule has 1 unspecified atom stereocenters. The van der Waals surface area contributed by atoms with Gasteiger partial charge in [0.1, 0.15) is 35.2 Å². The predicted octanol–water partition coefficient (Wildman–Crippen LogP) is 4.09. The number of imide groups is 2. The number of likely N-dealkylation sites (tertiary alicyclic amines) is 1. The number of halogens is 2. The maximum Gasteiger partial charge on any atom is 0.271 e. The van der Waals surface area contributed by atoms with Gasteiger partial charge in [0.2, 0.25) is 11.8 Å². The van der Waals surface area contributed by atoms with Crippen molar-refractivity contribution in [2.24, 2.45) is 11.3 Å². The number of ether oxygens (including phenoxy) is 1. The van der Waals surface area contributed by atoms with Crippen molar-refractivity contribution in [1.82, 2.24) is 30.4 Å². The van der Waals surface area contributed by atoms with Gasteiger partial charge >= 0.3 is 0 Å². The highest BCUT2D eigenvalue weighted by atomic mass is 35.5. The molecule has 15 nitrogen and oxygen atoms in total. The Kier molecular flexibility index (Phi) is 10.7. The molecular formula is C43H45ClFN9O6. The molecule has 9 rings (SSSR count). The van der Waals surface area contributed by atoms with Crippen molar-refractivity contribution in [2.75, 3.05) is 55.6 Å². The number of aromatic nitrogens is 2. The summed E-state index contributed by atoms with van der Waals surface area (Å²) < 4.78 is 21.5. The molecule has 1 aromatic heterocycles. The van der Waals surface area contributed by atoms with Crippen LogP contribution in [0.15, 0.2) is 42.7 Å². The number of hydrogen-bond donors (Lipinski definition) is 2. The molecule has 1 atom stereocenters. The van der Waals surface area contributed by atoms with Gasteiger partial charge in [0.15, 0.2) is 0 Å². The first-order chi connectivity index (χ1) is 29.0. The van der Waals surface area contributed by atoms with Crippen LogP contribution in [0.4, 0.5) is 15.9 Å². The Hall–Kier alpha value is -5.66. The summed E-state index contributed by atoms with van der Waals surface area (Å²) in [6.07, 6.45) is 9.42. The fourth-order valence-electron chi connectivity index (χ4n) is 9.85. The van der Waals surface area contributed by atoms with Crippen molar-refractivity contribution in [3.8, 4) is 11.8 Å². The molecule has 3 aromatic rings. The third-order valence-electron chi connectivity index (χ3n) is 13.1. The van der Waals surface area contributed by atoms with Crippen LogP contribution in [0, 0.1) is 28.5 Å².